The lowest BCUT2D eigenvalue weighted by molar-refractivity contribution is -0.116. The van der Waals surface area contributed by atoms with Crippen LogP contribution in [0, 0.1) is 11.3 Å². The lowest BCUT2D eigenvalue weighted by Crippen LogP contribution is -2.33. The van der Waals surface area contributed by atoms with Gasteiger partial charge in [0.2, 0.25) is 11.1 Å². The van der Waals surface area contributed by atoms with Crippen LogP contribution < -0.4 is 10.7 Å². The van der Waals surface area contributed by atoms with Gasteiger partial charge >= 0.3 is 0 Å². The van der Waals surface area contributed by atoms with Crippen molar-refractivity contribution in [2.24, 2.45) is 0 Å². The number of carbonyl (C=O) groups excluding carboxylic acids is 1. The molecule has 8 heteroatoms. The number of rotatable bonds is 5. The molecule has 1 amide bonds. The highest BCUT2D eigenvalue weighted by molar-refractivity contribution is 7.99. The van der Waals surface area contributed by atoms with Crippen LogP contribution >= 0.6 is 11.8 Å². The molecule has 1 heterocycles. The second kappa shape index (κ2) is 7.36. The number of anilines is 1. The van der Waals surface area contributed by atoms with Gasteiger partial charge in [-0.1, -0.05) is 50.7 Å². The van der Waals surface area contributed by atoms with E-state index in [1.807, 2.05) is 45.0 Å². The number of para-hydroxylation sites is 1. The van der Waals surface area contributed by atoms with Crippen molar-refractivity contribution in [1.29, 1.82) is 5.26 Å². The summed E-state index contributed by atoms with van der Waals surface area (Å²) in [6.45, 7) is 5.96. The molecule has 2 rings (SSSR count). The highest BCUT2D eigenvalue weighted by Gasteiger charge is 2.24. The smallest absolute Gasteiger partial charge is 0.238 e. The maximum atomic E-state index is 12.5. The van der Waals surface area contributed by atoms with E-state index in [-0.39, 0.29) is 23.6 Å². The van der Waals surface area contributed by atoms with Gasteiger partial charge in [-0.15, -0.1) is 10.2 Å². The van der Waals surface area contributed by atoms with Gasteiger partial charge in [0, 0.05) is 11.1 Å². The Bertz CT molecular complexity index is 744. The minimum absolute atomic E-state index is 0.00797. The molecule has 0 fully saturated rings. The van der Waals surface area contributed by atoms with Crippen LogP contribution in [0.5, 0.6) is 0 Å². The number of hydrogen-bond acceptors (Lipinski definition) is 6. The molecule has 0 aliphatic carbocycles. The highest BCUT2D eigenvalue weighted by Crippen LogP contribution is 2.24. The summed E-state index contributed by atoms with van der Waals surface area (Å²) in [5.74, 6) is 6.60. The summed E-state index contributed by atoms with van der Waals surface area (Å²) >= 11 is 1.20. The van der Waals surface area contributed by atoms with Crippen LogP contribution in [0.1, 0.15) is 26.6 Å². The predicted molar refractivity (Wildman–Crippen MR) is 94.0 cm³/mol. The third-order valence-electron chi connectivity index (χ3n) is 3.26. The first-order valence-electron chi connectivity index (χ1n) is 7.40. The number of amides is 1. The highest BCUT2D eigenvalue weighted by atomic mass is 32.2. The van der Waals surface area contributed by atoms with Crippen LogP contribution in [0.2, 0.25) is 0 Å². The third kappa shape index (κ3) is 4.06. The maximum Gasteiger partial charge on any atom is 0.238 e. The van der Waals surface area contributed by atoms with Gasteiger partial charge in [-0.05, 0) is 12.1 Å². The van der Waals surface area contributed by atoms with Crippen molar-refractivity contribution in [1.82, 2.24) is 14.9 Å². The van der Waals surface area contributed by atoms with E-state index in [9.17, 15) is 4.79 Å². The SMILES string of the molecule is CC(C)(C)c1nnc(SCC(=O)N(CC#N)c2ccccc2)n1N. The summed E-state index contributed by atoms with van der Waals surface area (Å²) in [6.07, 6.45) is 0. The van der Waals surface area contributed by atoms with Crippen LogP contribution in [0.3, 0.4) is 0 Å². The number of benzene rings is 1. The molecule has 0 saturated carbocycles. The van der Waals surface area contributed by atoms with E-state index in [4.69, 9.17) is 11.1 Å². The molecule has 1 aromatic carbocycles. The zero-order valence-corrected chi connectivity index (χ0v) is 14.7. The van der Waals surface area contributed by atoms with Gasteiger partial charge in [0.1, 0.15) is 6.54 Å². The molecule has 1 aromatic heterocycles. The molecular weight excluding hydrogens is 324 g/mol. The minimum Gasteiger partial charge on any atom is -0.336 e. The Morgan fingerprint density at radius 1 is 1.33 bits per heavy atom. The number of aromatic nitrogens is 3. The first-order valence-corrected chi connectivity index (χ1v) is 8.39. The summed E-state index contributed by atoms with van der Waals surface area (Å²) in [5.41, 5.74) is 0.454. The van der Waals surface area contributed by atoms with Crippen molar-refractivity contribution in [2.45, 2.75) is 31.3 Å². The topological polar surface area (TPSA) is 101 Å². The molecular formula is C16H20N6OS. The molecule has 0 radical (unpaired) electrons. The van der Waals surface area contributed by atoms with Gasteiger partial charge in [0.25, 0.3) is 0 Å². The van der Waals surface area contributed by atoms with Gasteiger partial charge in [-0.25, -0.2) is 4.68 Å². The van der Waals surface area contributed by atoms with Crippen LogP contribution in [-0.4, -0.2) is 33.1 Å². The summed E-state index contributed by atoms with van der Waals surface area (Å²) in [7, 11) is 0. The number of nitriles is 1. The fourth-order valence-corrected chi connectivity index (χ4v) is 2.83. The molecule has 2 aromatic rings. The number of carbonyl (C=O) groups is 1. The van der Waals surface area contributed by atoms with Crippen molar-refractivity contribution in [3.8, 4) is 6.07 Å². The second-order valence-electron chi connectivity index (χ2n) is 6.19. The lowest BCUT2D eigenvalue weighted by Gasteiger charge is -2.19. The van der Waals surface area contributed by atoms with Crippen molar-refractivity contribution >= 4 is 23.4 Å². The molecule has 0 atom stereocenters. The van der Waals surface area contributed by atoms with Crippen LogP contribution in [0.4, 0.5) is 5.69 Å². The monoisotopic (exact) mass is 344 g/mol. The van der Waals surface area contributed by atoms with E-state index in [2.05, 4.69) is 10.2 Å². The molecule has 0 spiro atoms. The van der Waals surface area contributed by atoms with Crippen molar-refractivity contribution < 1.29 is 4.79 Å². The molecule has 0 aliphatic rings. The van der Waals surface area contributed by atoms with Gasteiger partial charge in [0.05, 0.1) is 11.8 Å². The van der Waals surface area contributed by atoms with Crippen LogP contribution in [0.15, 0.2) is 35.5 Å². The summed E-state index contributed by atoms with van der Waals surface area (Å²) in [5, 5.41) is 17.6. The molecule has 126 valence electrons. The van der Waals surface area contributed by atoms with Gasteiger partial charge in [0.15, 0.2) is 5.82 Å². The predicted octanol–water partition coefficient (Wildman–Crippen LogP) is 1.94. The lowest BCUT2D eigenvalue weighted by atomic mass is 9.96. The Morgan fingerprint density at radius 3 is 2.54 bits per heavy atom. The fourth-order valence-electron chi connectivity index (χ4n) is 2.09. The van der Waals surface area contributed by atoms with E-state index in [1.54, 1.807) is 12.1 Å². The first-order chi connectivity index (χ1) is 11.3. The Balaban J connectivity index is 2.09. The molecule has 0 unspecified atom stereocenters. The molecule has 0 saturated heterocycles. The molecule has 2 N–H and O–H groups in total. The fraction of sp³-hybridized carbons (Fsp3) is 0.375. The number of nitrogens with zero attached hydrogens (tertiary/aromatic N) is 5. The van der Waals surface area contributed by atoms with E-state index in [0.717, 1.165) is 0 Å². The zero-order chi connectivity index (χ0) is 17.7. The van der Waals surface area contributed by atoms with Crippen molar-refractivity contribution in [2.75, 3.05) is 23.0 Å². The number of thioether (sulfide) groups is 1. The van der Waals surface area contributed by atoms with Crippen LogP contribution in [0.25, 0.3) is 0 Å². The molecule has 24 heavy (non-hydrogen) atoms. The number of hydrogen-bond donors (Lipinski definition) is 1. The molecule has 7 nitrogen and oxygen atoms in total. The number of nitrogen functional groups attached to an aromatic ring is 1. The van der Waals surface area contributed by atoms with Gasteiger partial charge < -0.3 is 5.84 Å². The first kappa shape index (κ1) is 17.8. The van der Waals surface area contributed by atoms with Gasteiger partial charge in [-0.2, -0.15) is 5.26 Å². The van der Waals surface area contributed by atoms with E-state index >= 15 is 0 Å². The Morgan fingerprint density at radius 2 is 2.00 bits per heavy atom. The largest absolute Gasteiger partial charge is 0.336 e. The summed E-state index contributed by atoms with van der Waals surface area (Å²) in [6, 6.07) is 11.1. The Kier molecular flexibility index (Phi) is 5.46. The Labute approximate surface area is 145 Å². The molecule has 0 aliphatic heterocycles. The Hall–Kier alpha value is -2.53. The van der Waals surface area contributed by atoms with E-state index in [1.165, 1.54) is 21.3 Å². The second-order valence-corrected chi connectivity index (χ2v) is 7.13. The quantitative estimate of drug-likeness (QED) is 0.505. The maximum absolute atomic E-state index is 12.5. The summed E-state index contributed by atoms with van der Waals surface area (Å²) < 4.78 is 1.41. The van der Waals surface area contributed by atoms with Crippen molar-refractivity contribution in [3.63, 3.8) is 0 Å². The summed E-state index contributed by atoms with van der Waals surface area (Å²) in [4.78, 5) is 13.9. The average molecular weight is 344 g/mol. The normalized spacial score (nSPS) is 11.1. The zero-order valence-electron chi connectivity index (χ0n) is 13.9. The van der Waals surface area contributed by atoms with Crippen molar-refractivity contribution in [3.05, 3.63) is 36.2 Å². The third-order valence-corrected chi connectivity index (χ3v) is 4.19. The number of nitrogens with two attached hydrogens (primary N) is 1. The average Bonchev–Trinajstić information content (AvgIpc) is 2.92. The standard InChI is InChI=1S/C16H20N6OS/c1-16(2,3)14-19-20-15(22(14)18)24-11-13(23)21(10-9-17)12-7-5-4-6-8-12/h4-8H,10-11,18H2,1-3H3. The van der Waals surface area contributed by atoms with E-state index in [0.29, 0.717) is 16.7 Å². The van der Waals surface area contributed by atoms with Gasteiger partial charge in [-0.3, -0.25) is 9.69 Å². The van der Waals surface area contributed by atoms with Crippen LogP contribution in [-0.2, 0) is 10.2 Å². The van der Waals surface area contributed by atoms with E-state index < -0.39 is 0 Å². The molecule has 0 bridgehead atoms. The minimum atomic E-state index is -0.235.